The van der Waals surface area contributed by atoms with E-state index in [1.54, 1.807) is 0 Å². The van der Waals surface area contributed by atoms with E-state index >= 15 is 0 Å². The average molecular weight is 1140 g/mol. The minimum Gasteiger partial charge on any atom is -0.462 e. The van der Waals surface area contributed by atoms with Crippen LogP contribution in [-0.4, -0.2) is 142 Å². The summed E-state index contributed by atoms with van der Waals surface area (Å²) in [4.78, 5) is 26.0. The molecule has 15 nitrogen and oxygen atoms in total. The number of allylic oxidation sites excluding steroid dienone is 2. The third-order valence-corrected chi connectivity index (χ3v) is 16.2. The molecule has 0 amide bonds. The van der Waals surface area contributed by atoms with Gasteiger partial charge in [-0.15, -0.1) is 0 Å². The average Bonchev–Trinajstić information content (AvgIpc) is 3.52. The van der Waals surface area contributed by atoms with Gasteiger partial charge in [0.2, 0.25) is 0 Å². The van der Waals surface area contributed by atoms with Crippen LogP contribution < -0.4 is 0 Å². The van der Waals surface area contributed by atoms with Gasteiger partial charge in [0.1, 0.15) is 55.4 Å². The molecular weight excluding hydrogens is 1020 g/mol. The molecule has 0 saturated carbocycles. The molecule has 0 bridgehead atoms. The maximum absolute atomic E-state index is 13.1. The lowest BCUT2D eigenvalue weighted by atomic mass is 9.98. The zero-order chi connectivity index (χ0) is 58.1. The maximum atomic E-state index is 13.1. The van der Waals surface area contributed by atoms with Crippen molar-refractivity contribution in [2.75, 3.05) is 26.4 Å². The van der Waals surface area contributed by atoms with Crippen LogP contribution in [0.15, 0.2) is 12.2 Å². The molecule has 15 heteroatoms. The van der Waals surface area contributed by atoms with Crippen molar-refractivity contribution in [3.8, 4) is 0 Å². The Morgan fingerprint density at radius 1 is 0.388 bits per heavy atom. The smallest absolute Gasteiger partial charge is 0.306 e. The predicted molar refractivity (Wildman–Crippen MR) is 317 cm³/mol. The highest BCUT2D eigenvalue weighted by Crippen LogP contribution is 2.27. The van der Waals surface area contributed by atoms with E-state index in [-0.39, 0.29) is 26.1 Å². The van der Waals surface area contributed by atoms with Gasteiger partial charge in [-0.2, -0.15) is 0 Å². The minimum atomic E-state index is -1.76. The van der Waals surface area contributed by atoms with Gasteiger partial charge in [0.05, 0.1) is 19.8 Å². The van der Waals surface area contributed by atoms with Crippen molar-refractivity contribution in [2.45, 2.75) is 364 Å². The van der Waals surface area contributed by atoms with Crippen LogP contribution in [0.2, 0.25) is 0 Å². The molecule has 0 spiro atoms. The van der Waals surface area contributed by atoms with Gasteiger partial charge in [-0.05, 0) is 38.5 Å². The number of hydrogen-bond donors (Lipinski definition) is 7. The van der Waals surface area contributed by atoms with Crippen LogP contribution in [0.3, 0.4) is 0 Å². The van der Waals surface area contributed by atoms with E-state index in [9.17, 15) is 45.3 Å². The summed E-state index contributed by atoms with van der Waals surface area (Å²) in [6.07, 6.45) is 40.9. The van der Waals surface area contributed by atoms with Crippen molar-refractivity contribution < 1.29 is 73.8 Å². The highest BCUT2D eigenvalue weighted by Gasteiger charge is 2.47. The van der Waals surface area contributed by atoms with Crippen LogP contribution in [0.5, 0.6) is 0 Å². The molecule has 0 aromatic rings. The molecule has 0 aromatic carbocycles. The standard InChI is InChI=1S/C65H122O15/c1-3-5-7-9-11-13-15-17-19-21-23-25-26-28-29-31-33-35-37-39-41-43-45-47-56(67)75-50-53(51-76-64-63(74)61(72)59(70)55(80-64)52-77-65-62(73)60(71)58(69)54(49-66)79-65)78-57(68)48-46-44-42-40-38-36-34-32-30-27-24-22-20-18-16-14-12-10-8-6-4-2/h18,20,53-55,58-66,69-74H,3-17,19,21-52H2,1-2H3/b20-18+/t53-,54+,55+,58-,59-,60?,61?,62?,63?,64+,65+/m0/s1. The Hall–Kier alpha value is -1.76. The van der Waals surface area contributed by atoms with E-state index in [1.807, 2.05) is 0 Å². The molecule has 2 aliphatic rings. The number of unbranched alkanes of at least 4 members (excludes halogenated alkanes) is 39. The van der Waals surface area contributed by atoms with Crippen LogP contribution in [0.4, 0.5) is 0 Å². The molecule has 2 fully saturated rings. The third kappa shape index (κ3) is 37.5. The summed E-state index contributed by atoms with van der Waals surface area (Å²) >= 11 is 0. The Morgan fingerprint density at radius 3 is 1.10 bits per heavy atom. The summed E-state index contributed by atoms with van der Waals surface area (Å²) in [6.45, 7) is 2.67. The Kier molecular flexibility index (Phi) is 48.0. The molecule has 2 aliphatic heterocycles. The number of ether oxygens (including phenoxy) is 6. The highest BCUT2D eigenvalue weighted by atomic mass is 16.7. The zero-order valence-electron chi connectivity index (χ0n) is 50.8. The summed E-state index contributed by atoms with van der Waals surface area (Å²) in [7, 11) is 0. The first-order valence-corrected chi connectivity index (χ1v) is 33.3. The van der Waals surface area contributed by atoms with Crippen molar-refractivity contribution in [2.24, 2.45) is 0 Å². The SMILES string of the molecule is CCCCCCCC/C=C/CCCCCCCCCCCCCC(=O)O[C@@H](COC(=O)CCCCCCCCCCCCCCCCCCCCCCCCC)CO[C@@H]1O[C@H](CO[C@@H]2O[C@H](CO)[C@H](O)C(O)C2O)[C@H](O)C(O)C1O. The van der Waals surface area contributed by atoms with E-state index < -0.39 is 92.7 Å². The number of carbonyl (C=O) groups is 2. The van der Waals surface area contributed by atoms with Crippen molar-refractivity contribution in [1.29, 1.82) is 0 Å². The second-order valence-corrected chi connectivity index (χ2v) is 23.7. The van der Waals surface area contributed by atoms with Crippen LogP contribution in [0.25, 0.3) is 0 Å². The number of carbonyl (C=O) groups excluding carboxylic acids is 2. The molecule has 2 rings (SSSR count). The van der Waals surface area contributed by atoms with Crippen molar-refractivity contribution in [3.63, 3.8) is 0 Å². The minimum absolute atomic E-state index is 0.170. The van der Waals surface area contributed by atoms with Crippen molar-refractivity contribution >= 4 is 11.9 Å². The topological polar surface area (TPSA) is 231 Å². The molecule has 0 aromatic heterocycles. The first-order valence-electron chi connectivity index (χ1n) is 33.3. The first-order chi connectivity index (χ1) is 39.0. The normalized spacial score (nSPS) is 23.7. The largest absolute Gasteiger partial charge is 0.462 e. The fourth-order valence-corrected chi connectivity index (χ4v) is 10.9. The molecule has 2 saturated heterocycles. The van der Waals surface area contributed by atoms with Gasteiger partial charge >= 0.3 is 11.9 Å². The second kappa shape index (κ2) is 51.6. The quantitative estimate of drug-likeness (QED) is 0.0171. The van der Waals surface area contributed by atoms with E-state index in [0.717, 1.165) is 38.5 Å². The summed E-state index contributed by atoms with van der Waals surface area (Å²) in [5.41, 5.74) is 0. The lowest BCUT2D eigenvalue weighted by Gasteiger charge is -2.42. The lowest BCUT2D eigenvalue weighted by molar-refractivity contribution is -0.332. The fourth-order valence-electron chi connectivity index (χ4n) is 10.9. The molecule has 472 valence electrons. The predicted octanol–water partition coefficient (Wildman–Crippen LogP) is 12.8. The molecule has 11 atom stereocenters. The van der Waals surface area contributed by atoms with E-state index in [2.05, 4.69) is 26.0 Å². The number of rotatable bonds is 55. The molecule has 4 unspecified atom stereocenters. The Balaban J connectivity index is 1.68. The fraction of sp³-hybridized carbons (Fsp3) is 0.938. The van der Waals surface area contributed by atoms with Gasteiger partial charge in [0.15, 0.2) is 18.7 Å². The van der Waals surface area contributed by atoms with Gasteiger partial charge in [-0.1, -0.05) is 257 Å². The second-order valence-electron chi connectivity index (χ2n) is 23.7. The molecule has 7 N–H and O–H groups in total. The number of aliphatic hydroxyl groups excluding tert-OH is 7. The van der Waals surface area contributed by atoms with Crippen molar-refractivity contribution in [1.82, 2.24) is 0 Å². The summed E-state index contributed by atoms with van der Waals surface area (Å²) in [5, 5.41) is 72.5. The monoisotopic (exact) mass is 1140 g/mol. The third-order valence-electron chi connectivity index (χ3n) is 16.2. The van der Waals surface area contributed by atoms with E-state index in [0.29, 0.717) is 12.8 Å². The van der Waals surface area contributed by atoms with E-state index in [1.165, 1.54) is 218 Å². The van der Waals surface area contributed by atoms with Crippen LogP contribution >= 0.6 is 0 Å². The van der Waals surface area contributed by atoms with Gasteiger partial charge in [-0.25, -0.2) is 0 Å². The molecule has 80 heavy (non-hydrogen) atoms. The molecular formula is C65H122O15. The highest BCUT2D eigenvalue weighted by molar-refractivity contribution is 5.70. The molecule has 0 aliphatic carbocycles. The summed E-state index contributed by atoms with van der Waals surface area (Å²) in [5.74, 6) is -0.904. The van der Waals surface area contributed by atoms with Crippen molar-refractivity contribution in [3.05, 3.63) is 12.2 Å². The lowest BCUT2D eigenvalue weighted by Crippen LogP contribution is -2.61. The molecule has 0 radical (unpaired) electrons. The Morgan fingerprint density at radius 2 is 0.713 bits per heavy atom. The first kappa shape index (κ1) is 74.3. The summed E-state index contributed by atoms with van der Waals surface area (Å²) < 4.78 is 33.8. The van der Waals surface area contributed by atoms with Crippen LogP contribution in [-0.2, 0) is 38.0 Å². The summed E-state index contributed by atoms with van der Waals surface area (Å²) in [6, 6.07) is 0. The Bertz CT molecular complexity index is 1440. The van der Waals surface area contributed by atoms with Gasteiger partial charge in [0, 0.05) is 12.8 Å². The zero-order valence-corrected chi connectivity index (χ0v) is 50.8. The molecule has 2 heterocycles. The van der Waals surface area contributed by atoms with Gasteiger partial charge < -0.3 is 64.2 Å². The number of hydrogen-bond acceptors (Lipinski definition) is 15. The number of aliphatic hydroxyl groups is 7. The number of esters is 2. The maximum Gasteiger partial charge on any atom is 0.306 e. The van der Waals surface area contributed by atoms with Gasteiger partial charge in [0.25, 0.3) is 0 Å². The van der Waals surface area contributed by atoms with Gasteiger partial charge in [-0.3, -0.25) is 9.59 Å². The van der Waals surface area contributed by atoms with Crippen LogP contribution in [0.1, 0.15) is 296 Å². The van der Waals surface area contributed by atoms with E-state index in [4.69, 9.17) is 28.4 Å². The van der Waals surface area contributed by atoms with Crippen LogP contribution in [0, 0.1) is 0 Å². The Labute approximate surface area is 486 Å².